The molecule has 2 aromatic rings. The standard InChI is InChI=1S/C24H36N2OS.C23H34N2OS.HI.H2/c1-18(2)28(5)24-8-6-21(7-9-24)19(3)22-10-14-26(15-11-22)23-12-16-25(17-13-23)20(4)27;1-17(2)27-23-7-5-20(6-8-23)18(3)21-9-13-25(14-10-21)22-11-15-24(16-12-22)19(4)26;;/h6-9,18,23H,5,10-17H2,1-4H3;5-8,17,22H,9-16H2,1-4H3;2*1H. The maximum absolute atomic E-state index is 11.5. The Bertz CT molecular complexity index is 1660. The molecular weight excluding hydrogens is 844 g/mol. The van der Waals surface area contributed by atoms with Crippen molar-refractivity contribution in [2.75, 3.05) is 52.4 Å². The first kappa shape index (κ1) is 46.8. The third-order valence-electron chi connectivity index (χ3n) is 12.5. The molecule has 312 valence electrons. The van der Waals surface area contributed by atoms with Gasteiger partial charge in [0.1, 0.15) is 0 Å². The summed E-state index contributed by atoms with van der Waals surface area (Å²) in [5, 5.41) is 1.22. The Morgan fingerprint density at radius 1 is 0.625 bits per heavy atom. The van der Waals surface area contributed by atoms with Gasteiger partial charge in [0.05, 0.1) is 0 Å². The molecule has 0 spiro atoms. The molecule has 0 bridgehead atoms. The molecule has 56 heavy (non-hydrogen) atoms. The van der Waals surface area contributed by atoms with Gasteiger partial charge in [0, 0.05) is 94.8 Å². The summed E-state index contributed by atoms with van der Waals surface area (Å²) in [5.74, 6) is 4.78. The van der Waals surface area contributed by atoms with Crippen molar-refractivity contribution >= 4 is 75.1 Å². The Balaban J connectivity index is 0.000000295. The van der Waals surface area contributed by atoms with Gasteiger partial charge in [0.2, 0.25) is 11.8 Å². The minimum absolute atomic E-state index is 0. The number of hydrogen-bond acceptors (Lipinski definition) is 5. The van der Waals surface area contributed by atoms with Crippen molar-refractivity contribution in [3.05, 3.63) is 70.8 Å². The molecule has 4 heterocycles. The van der Waals surface area contributed by atoms with E-state index in [2.05, 4.69) is 106 Å². The van der Waals surface area contributed by atoms with Crippen molar-refractivity contribution in [3.63, 3.8) is 0 Å². The number of hydrogen-bond donors (Lipinski definition) is 0. The number of likely N-dealkylation sites (tertiary alicyclic amines) is 4. The lowest BCUT2D eigenvalue weighted by Gasteiger charge is -2.40. The first-order valence-corrected chi connectivity index (χ1v) is 23.4. The normalized spacial score (nSPS) is 19.7. The van der Waals surface area contributed by atoms with Crippen LogP contribution in [0.25, 0.3) is 11.1 Å². The molecule has 2 aromatic carbocycles. The highest BCUT2D eigenvalue weighted by molar-refractivity contribution is 14.0. The van der Waals surface area contributed by atoms with E-state index < -0.39 is 0 Å². The molecule has 6 nitrogen and oxygen atoms in total. The van der Waals surface area contributed by atoms with Gasteiger partial charge in [-0.25, -0.2) is 0 Å². The summed E-state index contributed by atoms with van der Waals surface area (Å²) in [6.07, 6.45) is 9.23. The van der Waals surface area contributed by atoms with Gasteiger partial charge >= 0.3 is 0 Å². The maximum Gasteiger partial charge on any atom is 0.219 e. The molecule has 0 saturated carbocycles. The molecule has 1 unspecified atom stereocenters. The second-order valence-electron chi connectivity index (χ2n) is 16.7. The first-order chi connectivity index (χ1) is 26.3. The first-order valence-electron chi connectivity index (χ1n) is 21.1. The van der Waals surface area contributed by atoms with Gasteiger partial charge < -0.3 is 9.80 Å². The molecule has 0 aromatic heterocycles. The minimum Gasteiger partial charge on any atom is -0.343 e. The van der Waals surface area contributed by atoms with Crippen LogP contribution in [0.15, 0.2) is 69.5 Å². The lowest BCUT2D eigenvalue weighted by Crippen LogP contribution is -2.48. The van der Waals surface area contributed by atoms with Gasteiger partial charge in [0.15, 0.2) is 0 Å². The average molecular weight is 917 g/mol. The number of carbonyl (C=O) groups is 2. The zero-order valence-corrected chi connectivity index (χ0v) is 39.7. The fraction of sp³-hybridized carbons (Fsp3) is 0.596. The quantitative estimate of drug-likeness (QED) is 0.150. The Labute approximate surface area is 365 Å². The number of amides is 2. The Hall–Kier alpha value is -1.92. The monoisotopic (exact) mass is 916 g/mol. The Kier molecular flexibility index (Phi) is 18.7. The van der Waals surface area contributed by atoms with Crippen molar-refractivity contribution < 1.29 is 11.0 Å². The summed E-state index contributed by atoms with van der Waals surface area (Å²) in [7, 11) is 0.0780. The number of thioether (sulfide) groups is 1. The van der Waals surface area contributed by atoms with Gasteiger partial charge in [-0.1, -0.05) is 69.0 Å². The highest BCUT2D eigenvalue weighted by Gasteiger charge is 2.29. The van der Waals surface area contributed by atoms with E-state index in [1.165, 1.54) is 70.8 Å². The fourth-order valence-corrected chi connectivity index (χ4v) is 10.6. The maximum atomic E-state index is 11.5. The van der Waals surface area contributed by atoms with E-state index in [1.807, 2.05) is 21.6 Å². The summed E-state index contributed by atoms with van der Waals surface area (Å²) >= 11 is 1.93. The zero-order chi connectivity index (χ0) is 39.6. The third-order valence-corrected chi connectivity index (χ3v) is 15.6. The van der Waals surface area contributed by atoms with E-state index in [9.17, 15) is 9.59 Å². The molecule has 0 N–H and O–H groups in total. The van der Waals surface area contributed by atoms with Crippen LogP contribution in [-0.2, 0) is 9.59 Å². The second-order valence-corrected chi connectivity index (χ2v) is 20.6. The van der Waals surface area contributed by atoms with Crippen molar-refractivity contribution in [1.29, 1.82) is 0 Å². The van der Waals surface area contributed by atoms with Crippen LogP contribution in [0.4, 0.5) is 0 Å². The SMILES string of the molecule is C=S(c1ccc(C(C)=C2CCN(C3CCN(C(C)=O)CC3)CC2)cc1)C(C)C.CC(=O)N1CCC(N2CCC(=C(C)c3ccc(SC(C)C)cc3)CC2)CC1.I.[HH]. The molecule has 4 aliphatic heterocycles. The summed E-state index contributed by atoms with van der Waals surface area (Å²) < 4.78 is 0. The Morgan fingerprint density at radius 2 is 0.982 bits per heavy atom. The summed E-state index contributed by atoms with van der Waals surface area (Å²) in [6, 6.07) is 19.5. The van der Waals surface area contributed by atoms with Crippen molar-refractivity contribution in [1.82, 2.24) is 19.6 Å². The molecular formula is C47H73IN4O2S2. The smallest absolute Gasteiger partial charge is 0.219 e. The highest BCUT2D eigenvalue weighted by atomic mass is 127. The summed E-state index contributed by atoms with van der Waals surface area (Å²) in [6.45, 7) is 25.3. The molecule has 2 amide bonds. The van der Waals surface area contributed by atoms with Crippen LogP contribution in [0.3, 0.4) is 0 Å². The van der Waals surface area contributed by atoms with E-state index >= 15 is 0 Å². The average Bonchev–Trinajstić information content (AvgIpc) is 3.20. The fourth-order valence-electron chi connectivity index (χ4n) is 8.78. The number of carbonyl (C=O) groups excluding carboxylic acids is 2. The van der Waals surface area contributed by atoms with Crippen LogP contribution in [-0.4, -0.2) is 112 Å². The van der Waals surface area contributed by atoms with Crippen LogP contribution in [0.2, 0.25) is 0 Å². The molecule has 0 aliphatic carbocycles. The molecule has 4 aliphatic rings. The van der Waals surface area contributed by atoms with Gasteiger partial charge in [-0.2, -0.15) is 10.5 Å². The number of piperidine rings is 4. The number of nitrogens with zero attached hydrogens (tertiary/aromatic N) is 4. The molecule has 9 heteroatoms. The number of allylic oxidation sites excluding steroid dienone is 2. The van der Waals surface area contributed by atoms with Crippen LogP contribution >= 0.6 is 46.2 Å². The van der Waals surface area contributed by atoms with E-state index in [1.54, 1.807) is 25.0 Å². The number of benzene rings is 2. The Morgan fingerprint density at radius 3 is 1.30 bits per heavy atom. The number of rotatable bonds is 8. The van der Waals surface area contributed by atoms with Crippen LogP contribution in [0.5, 0.6) is 0 Å². The van der Waals surface area contributed by atoms with E-state index in [0.717, 1.165) is 65.0 Å². The lowest BCUT2D eigenvalue weighted by molar-refractivity contribution is -0.131. The van der Waals surface area contributed by atoms with E-state index in [4.69, 9.17) is 0 Å². The molecule has 4 saturated heterocycles. The predicted octanol–water partition coefficient (Wildman–Crippen LogP) is 11.0. The van der Waals surface area contributed by atoms with Gasteiger partial charge in [-0.15, -0.1) is 35.7 Å². The molecule has 0 radical (unpaired) electrons. The van der Waals surface area contributed by atoms with Crippen molar-refractivity contribution in [2.24, 2.45) is 0 Å². The summed E-state index contributed by atoms with van der Waals surface area (Å²) in [5.41, 5.74) is 8.91. The number of halogens is 1. The van der Waals surface area contributed by atoms with Gasteiger partial charge in [0.25, 0.3) is 0 Å². The second kappa shape index (κ2) is 22.5. The third kappa shape index (κ3) is 13.0. The molecule has 6 rings (SSSR count). The van der Waals surface area contributed by atoms with Crippen LogP contribution in [0, 0.1) is 0 Å². The van der Waals surface area contributed by atoms with Gasteiger partial charge in [-0.05, 0) is 117 Å². The topological polar surface area (TPSA) is 47.1 Å². The molecule has 4 fully saturated rings. The predicted molar refractivity (Wildman–Crippen MR) is 257 cm³/mol. The van der Waals surface area contributed by atoms with Gasteiger partial charge in [-0.3, -0.25) is 19.4 Å². The summed E-state index contributed by atoms with van der Waals surface area (Å²) in [4.78, 5) is 35.1. The van der Waals surface area contributed by atoms with Crippen LogP contribution in [0.1, 0.15) is 119 Å². The zero-order valence-electron chi connectivity index (χ0n) is 35.8. The van der Waals surface area contributed by atoms with Crippen molar-refractivity contribution in [3.8, 4) is 0 Å². The largest absolute Gasteiger partial charge is 0.343 e. The van der Waals surface area contributed by atoms with Crippen LogP contribution < -0.4 is 0 Å². The minimum atomic E-state index is 0. The van der Waals surface area contributed by atoms with E-state index in [-0.39, 0.29) is 47.7 Å². The molecule has 1 atom stereocenters. The highest BCUT2D eigenvalue weighted by Crippen LogP contribution is 2.34. The lowest BCUT2D eigenvalue weighted by atomic mass is 9.92. The van der Waals surface area contributed by atoms with E-state index in [0.29, 0.717) is 22.6 Å². The van der Waals surface area contributed by atoms with Crippen molar-refractivity contribution in [2.45, 2.75) is 139 Å².